The Bertz CT molecular complexity index is 336. The van der Waals surface area contributed by atoms with Crippen molar-refractivity contribution in [1.82, 2.24) is 9.78 Å². The van der Waals surface area contributed by atoms with Crippen LogP contribution in [-0.4, -0.2) is 14.7 Å². The third kappa shape index (κ3) is 1.68. The molecule has 0 bridgehead atoms. The minimum Gasteiger partial charge on any atom is -0.358 e. The van der Waals surface area contributed by atoms with Gasteiger partial charge in [-0.05, 0) is 10.3 Å². The molecular weight excluding hydrogens is 170 g/mol. The molecule has 13 heavy (non-hydrogen) atoms. The predicted molar refractivity (Wildman–Crippen MR) is 48.6 cm³/mol. The van der Waals surface area contributed by atoms with Crippen molar-refractivity contribution in [2.45, 2.75) is 26.2 Å². The van der Waals surface area contributed by atoms with Gasteiger partial charge in [0.05, 0.1) is 11.8 Å². The fraction of sp³-hybridized carbons (Fsp3) is 0.625. The fourth-order valence-electron chi connectivity index (χ4n) is 1.18. The number of hydrogen-bond acceptors (Lipinski definition) is 3. The van der Waals surface area contributed by atoms with Crippen LogP contribution in [0.2, 0.25) is 0 Å². The molecule has 0 aliphatic heterocycles. The number of rotatable bonds is 1. The van der Waals surface area contributed by atoms with Gasteiger partial charge in [0, 0.05) is 0 Å². The van der Waals surface area contributed by atoms with Crippen molar-refractivity contribution in [3.05, 3.63) is 21.9 Å². The van der Waals surface area contributed by atoms with Gasteiger partial charge >= 0.3 is 5.82 Å². The molecule has 0 N–H and O–H groups in total. The summed E-state index contributed by atoms with van der Waals surface area (Å²) in [6, 6.07) is 0. The van der Waals surface area contributed by atoms with Crippen molar-refractivity contribution < 1.29 is 4.92 Å². The molecule has 0 amide bonds. The van der Waals surface area contributed by atoms with Crippen LogP contribution in [0.25, 0.3) is 0 Å². The van der Waals surface area contributed by atoms with E-state index in [-0.39, 0.29) is 11.2 Å². The van der Waals surface area contributed by atoms with Crippen molar-refractivity contribution >= 4 is 5.82 Å². The van der Waals surface area contributed by atoms with Crippen LogP contribution in [0.3, 0.4) is 0 Å². The van der Waals surface area contributed by atoms with Crippen molar-refractivity contribution in [3.8, 4) is 0 Å². The standard InChI is InChI=1S/C8H13N3O2/c1-8(2,3)6-5-9-10(4)7(6)11(12)13/h5H,1-4H3. The second-order valence-electron chi connectivity index (χ2n) is 4.01. The van der Waals surface area contributed by atoms with E-state index in [1.165, 1.54) is 4.68 Å². The second-order valence-corrected chi connectivity index (χ2v) is 4.01. The van der Waals surface area contributed by atoms with E-state index < -0.39 is 4.92 Å². The lowest BCUT2D eigenvalue weighted by Crippen LogP contribution is -2.13. The van der Waals surface area contributed by atoms with Gasteiger partial charge in [-0.3, -0.25) is 0 Å². The molecule has 5 heteroatoms. The highest BCUT2D eigenvalue weighted by Crippen LogP contribution is 2.29. The highest BCUT2D eigenvalue weighted by molar-refractivity contribution is 5.36. The first kappa shape index (κ1) is 9.70. The molecule has 1 aromatic rings. The molecule has 0 spiro atoms. The Hall–Kier alpha value is -1.39. The van der Waals surface area contributed by atoms with E-state index in [0.29, 0.717) is 5.56 Å². The fourth-order valence-corrected chi connectivity index (χ4v) is 1.18. The zero-order valence-electron chi connectivity index (χ0n) is 8.24. The lowest BCUT2D eigenvalue weighted by atomic mass is 9.89. The Morgan fingerprint density at radius 3 is 2.38 bits per heavy atom. The topological polar surface area (TPSA) is 61.0 Å². The van der Waals surface area contributed by atoms with Gasteiger partial charge in [0.25, 0.3) is 0 Å². The number of nitrogens with zero attached hydrogens (tertiary/aromatic N) is 3. The average Bonchev–Trinajstić information content (AvgIpc) is 2.28. The van der Waals surface area contributed by atoms with Gasteiger partial charge in [-0.25, -0.2) is 0 Å². The number of aryl methyl sites for hydroxylation is 1. The third-order valence-electron chi connectivity index (χ3n) is 1.89. The first-order valence-electron chi connectivity index (χ1n) is 4.01. The van der Waals surface area contributed by atoms with Gasteiger partial charge in [0.1, 0.15) is 7.05 Å². The first-order chi connectivity index (χ1) is 5.84. The Morgan fingerprint density at radius 2 is 2.08 bits per heavy atom. The van der Waals surface area contributed by atoms with Gasteiger partial charge in [0.15, 0.2) is 0 Å². The van der Waals surface area contributed by atoms with Crippen molar-refractivity contribution in [2.75, 3.05) is 0 Å². The maximum absolute atomic E-state index is 10.7. The maximum Gasteiger partial charge on any atom is 0.348 e. The third-order valence-corrected chi connectivity index (χ3v) is 1.89. The van der Waals surface area contributed by atoms with Gasteiger partial charge in [-0.15, -0.1) is 4.68 Å². The van der Waals surface area contributed by atoms with Crippen LogP contribution in [0.5, 0.6) is 0 Å². The number of nitro groups is 1. The molecule has 0 radical (unpaired) electrons. The second kappa shape index (κ2) is 2.83. The minimum absolute atomic E-state index is 0.0764. The molecule has 5 nitrogen and oxygen atoms in total. The van der Waals surface area contributed by atoms with E-state index >= 15 is 0 Å². The average molecular weight is 183 g/mol. The lowest BCUT2D eigenvalue weighted by Gasteiger charge is -2.15. The molecule has 0 unspecified atom stereocenters. The first-order valence-corrected chi connectivity index (χ1v) is 4.01. The monoisotopic (exact) mass is 183 g/mol. The van der Waals surface area contributed by atoms with E-state index in [4.69, 9.17) is 0 Å². The SMILES string of the molecule is Cn1ncc(C(C)(C)C)c1[N+](=O)[O-]. The quantitative estimate of drug-likeness (QED) is 0.491. The summed E-state index contributed by atoms with van der Waals surface area (Å²) in [6.07, 6.45) is 1.55. The zero-order chi connectivity index (χ0) is 10.2. The van der Waals surface area contributed by atoms with Gasteiger partial charge in [0.2, 0.25) is 0 Å². The van der Waals surface area contributed by atoms with Crippen molar-refractivity contribution in [1.29, 1.82) is 0 Å². The van der Waals surface area contributed by atoms with Crippen molar-refractivity contribution in [3.63, 3.8) is 0 Å². The molecule has 0 atom stereocenters. The van der Waals surface area contributed by atoms with E-state index in [0.717, 1.165) is 0 Å². The van der Waals surface area contributed by atoms with Crippen LogP contribution < -0.4 is 0 Å². The summed E-state index contributed by atoms with van der Waals surface area (Å²) in [7, 11) is 1.58. The highest BCUT2D eigenvalue weighted by atomic mass is 16.6. The van der Waals surface area contributed by atoms with Crippen LogP contribution in [0.15, 0.2) is 6.20 Å². The van der Waals surface area contributed by atoms with Crippen LogP contribution in [0.1, 0.15) is 26.3 Å². The van der Waals surface area contributed by atoms with Crippen LogP contribution in [0, 0.1) is 10.1 Å². The van der Waals surface area contributed by atoms with Crippen LogP contribution >= 0.6 is 0 Å². The van der Waals surface area contributed by atoms with E-state index in [9.17, 15) is 10.1 Å². The molecule has 0 aliphatic rings. The molecule has 0 aromatic carbocycles. The Labute approximate surface area is 76.5 Å². The molecule has 1 rings (SSSR count). The van der Waals surface area contributed by atoms with Crippen LogP contribution in [-0.2, 0) is 12.5 Å². The smallest absolute Gasteiger partial charge is 0.348 e. The molecule has 0 fully saturated rings. The molecule has 1 heterocycles. The molecule has 72 valence electrons. The summed E-state index contributed by atoms with van der Waals surface area (Å²) in [5.41, 5.74) is 0.427. The Morgan fingerprint density at radius 1 is 1.54 bits per heavy atom. The largest absolute Gasteiger partial charge is 0.358 e. The Kier molecular flexibility index (Phi) is 2.11. The van der Waals surface area contributed by atoms with Gasteiger partial charge in [-0.1, -0.05) is 25.9 Å². The summed E-state index contributed by atoms with van der Waals surface area (Å²) < 4.78 is 1.29. The normalized spacial score (nSPS) is 11.7. The number of aromatic nitrogens is 2. The van der Waals surface area contributed by atoms with E-state index in [1.54, 1.807) is 13.2 Å². The summed E-state index contributed by atoms with van der Waals surface area (Å²) >= 11 is 0. The summed E-state index contributed by atoms with van der Waals surface area (Å²) in [4.78, 5) is 10.3. The van der Waals surface area contributed by atoms with E-state index in [2.05, 4.69) is 5.10 Å². The summed E-state index contributed by atoms with van der Waals surface area (Å²) in [5, 5.41) is 14.6. The molecule has 0 saturated carbocycles. The van der Waals surface area contributed by atoms with Crippen LogP contribution in [0.4, 0.5) is 5.82 Å². The molecule has 1 aromatic heterocycles. The summed E-state index contributed by atoms with van der Waals surface area (Å²) in [5.74, 6) is 0.0764. The zero-order valence-corrected chi connectivity index (χ0v) is 8.24. The van der Waals surface area contributed by atoms with Gasteiger partial charge in [-0.2, -0.15) is 0 Å². The maximum atomic E-state index is 10.7. The minimum atomic E-state index is -0.395. The molecule has 0 saturated heterocycles. The highest BCUT2D eigenvalue weighted by Gasteiger charge is 2.28. The lowest BCUT2D eigenvalue weighted by molar-refractivity contribution is -0.393. The molecule has 0 aliphatic carbocycles. The Balaban J connectivity index is 3.31. The predicted octanol–water partition coefficient (Wildman–Crippen LogP) is 1.63. The number of hydrogen-bond donors (Lipinski definition) is 0. The summed E-state index contributed by atoms with van der Waals surface area (Å²) in [6.45, 7) is 5.78. The molecular formula is C8H13N3O2. The van der Waals surface area contributed by atoms with Gasteiger partial charge < -0.3 is 10.1 Å². The van der Waals surface area contributed by atoms with Crippen molar-refractivity contribution in [2.24, 2.45) is 7.05 Å². The van der Waals surface area contributed by atoms with E-state index in [1.807, 2.05) is 20.8 Å².